The molecule has 39 heavy (non-hydrogen) atoms. The van der Waals surface area contributed by atoms with Crippen molar-refractivity contribution in [3.8, 4) is 0 Å². The maximum absolute atomic E-state index is 13.4. The molecule has 8 nitrogen and oxygen atoms in total. The average molecular weight is 563 g/mol. The molecule has 2 N–H and O–H groups in total. The normalized spacial score (nSPS) is 22.4. The lowest BCUT2D eigenvalue weighted by atomic mass is 10.1. The molecule has 0 radical (unpaired) electrons. The smallest absolute Gasteiger partial charge is 0.251 e. The largest absolute Gasteiger partial charge is 0.340 e. The van der Waals surface area contributed by atoms with Crippen molar-refractivity contribution >= 4 is 21.8 Å². The van der Waals surface area contributed by atoms with Crippen LogP contribution in [0.5, 0.6) is 0 Å². The van der Waals surface area contributed by atoms with E-state index in [0.29, 0.717) is 18.8 Å². The molecule has 1 saturated carbocycles. The molecule has 0 spiro atoms. The van der Waals surface area contributed by atoms with Gasteiger partial charge < -0.3 is 15.5 Å². The first-order valence-corrected chi connectivity index (χ1v) is 15.1. The summed E-state index contributed by atoms with van der Waals surface area (Å²) in [5.41, 5.74) is 1.31. The Labute approximate surface area is 228 Å². The highest BCUT2D eigenvalue weighted by Gasteiger charge is 2.50. The van der Waals surface area contributed by atoms with E-state index < -0.39 is 27.8 Å². The predicted molar refractivity (Wildman–Crippen MR) is 145 cm³/mol. The Balaban J connectivity index is 1.31. The first kappa shape index (κ1) is 29.1. The van der Waals surface area contributed by atoms with Gasteiger partial charge in [0.1, 0.15) is 17.7 Å². The van der Waals surface area contributed by atoms with E-state index in [4.69, 9.17) is 0 Å². The number of piperazine rings is 1. The van der Waals surface area contributed by atoms with Crippen molar-refractivity contribution in [1.29, 1.82) is 0 Å². The Morgan fingerprint density at radius 2 is 1.56 bits per heavy atom. The van der Waals surface area contributed by atoms with Gasteiger partial charge in [0.05, 0.1) is 6.26 Å². The van der Waals surface area contributed by atoms with Crippen molar-refractivity contribution in [3.63, 3.8) is 0 Å². The monoisotopic (exact) mass is 562 g/mol. The number of nitrogens with zero attached hydrogens (tertiary/aromatic N) is 2. The zero-order valence-corrected chi connectivity index (χ0v) is 23.1. The fourth-order valence-electron chi connectivity index (χ4n) is 5.15. The molecule has 3 atom stereocenters. The molecule has 1 aliphatic heterocycles. The number of carbonyl (C=O) groups is 2. The third-order valence-electron chi connectivity index (χ3n) is 7.69. The molecule has 1 unspecified atom stereocenters. The molecule has 0 aromatic heterocycles. The number of halogens is 2. The van der Waals surface area contributed by atoms with E-state index in [9.17, 15) is 26.8 Å². The minimum atomic E-state index is -3.33. The molecule has 1 heterocycles. The third kappa shape index (κ3) is 7.61. The molecule has 1 saturated heterocycles. The second kappa shape index (κ2) is 12.1. The summed E-state index contributed by atoms with van der Waals surface area (Å²) in [6.45, 7) is 3.79. The summed E-state index contributed by atoms with van der Waals surface area (Å²) < 4.78 is 51.5. The van der Waals surface area contributed by atoms with Gasteiger partial charge in [0.2, 0.25) is 15.9 Å². The Morgan fingerprint density at radius 3 is 2.15 bits per heavy atom. The summed E-state index contributed by atoms with van der Waals surface area (Å²) in [6.07, 6.45) is 3.98. The van der Waals surface area contributed by atoms with Gasteiger partial charge in [-0.1, -0.05) is 12.1 Å². The first-order chi connectivity index (χ1) is 18.5. The van der Waals surface area contributed by atoms with Gasteiger partial charge in [-0.2, -0.15) is 4.31 Å². The van der Waals surface area contributed by atoms with Crippen LogP contribution < -0.4 is 10.6 Å². The summed E-state index contributed by atoms with van der Waals surface area (Å²) >= 11 is 0. The number of carbonyl (C=O) groups excluding carboxylic acids is 2. The van der Waals surface area contributed by atoms with Crippen molar-refractivity contribution < 1.29 is 26.8 Å². The number of unbranched alkanes of at least 4 members (excludes halogenated alkanes) is 1. The molecule has 2 amide bonds. The second-order valence-corrected chi connectivity index (χ2v) is 12.7. The van der Waals surface area contributed by atoms with Gasteiger partial charge in [-0.25, -0.2) is 17.2 Å². The molecule has 0 bridgehead atoms. The SMILES string of the molecule is CC1(NCCCC[C@H](NC(=O)c2ccc(F)cc2)C(=O)N2CCN(S(C)(=O)=O)CC2)C[C@H]1c1ccc(F)cc1. The Hall–Kier alpha value is -2.89. The first-order valence-electron chi connectivity index (χ1n) is 13.3. The highest BCUT2D eigenvalue weighted by molar-refractivity contribution is 7.88. The maximum Gasteiger partial charge on any atom is 0.251 e. The molecule has 2 aromatic carbocycles. The summed E-state index contributed by atoms with van der Waals surface area (Å²) in [5, 5.41) is 6.39. The van der Waals surface area contributed by atoms with E-state index in [2.05, 4.69) is 17.6 Å². The van der Waals surface area contributed by atoms with Crippen molar-refractivity contribution in [1.82, 2.24) is 19.8 Å². The number of hydrogen-bond acceptors (Lipinski definition) is 5. The lowest BCUT2D eigenvalue weighted by Gasteiger charge is -2.35. The lowest BCUT2D eigenvalue weighted by molar-refractivity contribution is -0.134. The van der Waals surface area contributed by atoms with Crippen LogP contribution >= 0.6 is 0 Å². The van der Waals surface area contributed by atoms with Crippen molar-refractivity contribution in [2.24, 2.45) is 0 Å². The number of amides is 2. The topological polar surface area (TPSA) is 98.8 Å². The van der Waals surface area contributed by atoms with Crippen LogP contribution in [0.1, 0.15) is 54.4 Å². The summed E-state index contributed by atoms with van der Waals surface area (Å²) in [5.74, 6) is -1.09. The van der Waals surface area contributed by atoms with E-state index in [1.165, 1.54) is 40.7 Å². The molecule has 11 heteroatoms. The highest BCUT2D eigenvalue weighted by atomic mass is 32.2. The summed E-state index contributed by atoms with van der Waals surface area (Å²) in [7, 11) is -3.33. The third-order valence-corrected chi connectivity index (χ3v) is 8.99. The number of hydrogen-bond donors (Lipinski definition) is 2. The molecular weight excluding hydrogens is 526 g/mol. The zero-order chi connectivity index (χ0) is 28.2. The van der Waals surface area contributed by atoms with E-state index in [0.717, 1.165) is 31.2 Å². The van der Waals surface area contributed by atoms with Crippen LogP contribution in [0.25, 0.3) is 0 Å². The van der Waals surface area contributed by atoms with E-state index in [1.807, 2.05) is 12.1 Å². The van der Waals surface area contributed by atoms with E-state index in [-0.39, 0.29) is 49.0 Å². The number of benzene rings is 2. The fraction of sp³-hybridized carbons (Fsp3) is 0.500. The van der Waals surface area contributed by atoms with Crippen LogP contribution in [0.4, 0.5) is 8.78 Å². The molecule has 1 aliphatic carbocycles. The Kier molecular flexibility index (Phi) is 9.03. The molecule has 212 valence electrons. The summed E-state index contributed by atoms with van der Waals surface area (Å²) in [4.78, 5) is 27.8. The fourth-order valence-corrected chi connectivity index (χ4v) is 5.98. The molecule has 2 fully saturated rings. The van der Waals surface area contributed by atoms with E-state index >= 15 is 0 Å². The van der Waals surface area contributed by atoms with Crippen LogP contribution in [0, 0.1) is 11.6 Å². The minimum Gasteiger partial charge on any atom is -0.340 e. The van der Waals surface area contributed by atoms with Gasteiger partial charge in [0.25, 0.3) is 5.91 Å². The zero-order valence-electron chi connectivity index (χ0n) is 22.3. The van der Waals surface area contributed by atoms with Gasteiger partial charge in [0, 0.05) is 43.2 Å². The van der Waals surface area contributed by atoms with Crippen molar-refractivity contribution in [2.45, 2.75) is 50.1 Å². The van der Waals surface area contributed by atoms with Crippen molar-refractivity contribution in [2.75, 3.05) is 39.0 Å². The molecule has 2 aliphatic rings. The van der Waals surface area contributed by atoms with Gasteiger partial charge in [-0.3, -0.25) is 9.59 Å². The van der Waals surface area contributed by atoms with Crippen LogP contribution in [0.3, 0.4) is 0 Å². The van der Waals surface area contributed by atoms with Gasteiger partial charge in [0.15, 0.2) is 0 Å². The lowest BCUT2D eigenvalue weighted by Crippen LogP contribution is -2.55. The van der Waals surface area contributed by atoms with Gasteiger partial charge in [-0.15, -0.1) is 0 Å². The second-order valence-electron chi connectivity index (χ2n) is 10.7. The molecule has 2 aromatic rings. The Morgan fingerprint density at radius 1 is 0.974 bits per heavy atom. The number of rotatable bonds is 11. The van der Waals surface area contributed by atoms with Crippen molar-refractivity contribution in [3.05, 3.63) is 71.3 Å². The standard InChI is InChI=1S/C28H36F2N4O4S/c1-28(19-24(28)20-6-10-22(29)11-7-20)31-14-4-3-5-25(32-26(35)21-8-12-23(30)13-9-21)27(36)33-15-17-34(18-16-33)39(2,37)38/h6-13,24-25,31H,3-5,14-19H2,1-2H3,(H,32,35)/t24-,25-,28?/m0/s1. The quantitative estimate of drug-likeness (QED) is 0.411. The number of nitrogens with one attached hydrogen (secondary N) is 2. The van der Waals surface area contributed by atoms with Crippen LogP contribution in [-0.2, 0) is 14.8 Å². The van der Waals surface area contributed by atoms with E-state index in [1.54, 1.807) is 4.90 Å². The highest BCUT2D eigenvalue weighted by Crippen LogP contribution is 2.51. The van der Waals surface area contributed by atoms with Gasteiger partial charge >= 0.3 is 0 Å². The summed E-state index contributed by atoms with van der Waals surface area (Å²) in [6, 6.07) is 10.9. The predicted octanol–water partition coefficient (Wildman–Crippen LogP) is 2.87. The van der Waals surface area contributed by atoms with Crippen LogP contribution in [0.15, 0.2) is 48.5 Å². The minimum absolute atomic E-state index is 0.0524. The van der Waals surface area contributed by atoms with Crippen LogP contribution in [0.2, 0.25) is 0 Å². The molecule has 4 rings (SSSR count). The molecular formula is C28H36F2N4O4S. The maximum atomic E-state index is 13.4. The Bertz CT molecular complexity index is 1270. The van der Waals surface area contributed by atoms with Crippen LogP contribution in [-0.4, -0.2) is 80.0 Å². The average Bonchev–Trinajstić information content (AvgIpc) is 3.58. The number of sulfonamides is 1. The van der Waals surface area contributed by atoms with Gasteiger partial charge in [-0.05, 0) is 81.1 Å².